The molecule has 0 radical (unpaired) electrons. The van der Waals surface area contributed by atoms with Crippen molar-refractivity contribution in [1.29, 1.82) is 0 Å². The SMILES string of the molecule is CCCN(C)C(=O)c1cc(Cl)cc(C(=O)O)c1.CCCN(C)C(=O)c1cc(Cl)cc(C(=O)O)c1. The highest BCUT2D eigenvalue weighted by molar-refractivity contribution is 6.31. The van der Waals surface area contributed by atoms with Crippen LogP contribution in [0.25, 0.3) is 0 Å². The van der Waals surface area contributed by atoms with Gasteiger partial charge in [0.1, 0.15) is 0 Å². The van der Waals surface area contributed by atoms with Crippen molar-refractivity contribution in [2.45, 2.75) is 26.7 Å². The van der Waals surface area contributed by atoms with Crippen molar-refractivity contribution >= 4 is 47.0 Å². The molecule has 0 fully saturated rings. The van der Waals surface area contributed by atoms with E-state index in [1.165, 1.54) is 46.2 Å². The molecule has 8 nitrogen and oxygen atoms in total. The molecular formula is C24H28Cl2N2O6. The van der Waals surface area contributed by atoms with E-state index in [1.54, 1.807) is 14.1 Å². The topological polar surface area (TPSA) is 115 Å². The van der Waals surface area contributed by atoms with Gasteiger partial charge in [-0.2, -0.15) is 0 Å². The highest BCUT2D eigenvalue weighted by Gasteiger charge is 2.16. The third-order valence-electron chi connectivity index (χ3n) is 4.59. The summed E-state index contributed by atoms with van der Waals surface area (Å²) in [5.41, 5.74) is 0.633. The molecule has 2 aromatic rings. The minimum absolute atomic E-state index is 0.0192. The summed E-state index contributed by atoms with van der Waals surface area (Å²) in [6.45, 7) is 5.16. The zero-order valence-electron chi connectivity index (χ0n) is 19.5. The molecule has 0 spiro atoms. The Kier molecular flexibility index (Phi) is 11.5. The predicted octanol–water partition coefficient (Wildman–Crippen LogP) is 5.04. The molecule has 0 bridgehead atoms. The summed E-state index contributed by atoms with van der Waals surface area (Å²) >= 11 is 11.6. The van der Waals surface area contributed by atoms with Gasteiger partial charge in [-0.1, -0.05) is 37.0 Å². The zero-order chi connectivity index (χ0) is 26.0. The molecule has 184 valence electrons. The number of halogens is 2. The molecule has 0 saturated heterocycles. The summed E-state index contributed by atoms with van der Waals surface area (Å²) in [6.07, 6.45) is 1.68. The largest absolute Gasteiger partial charge is 0.478 e. The molecule has 0 aliphatic rings. The molecule has 0 heterocycles. The fraction of sp³-hybridized carbons (Fsp3) is 0.333. The molecule has 34 heavy (non-hydrogen) atoms. The number of carboxylic acids is 2. The number of hydrogen-bond acceptors (Lipinski definition) is 4. The number of nitrogens with zero attached hydrogens (tertiary/aromatic N) is 2. The van der Waals surface area contributed by atoms with Crippen LogP contribution in [0.5, 0.6) is 0 Å². The van der Waals surface area contributed by atoms with E-state index in [-0.39, 0.29) is 33.0 Å². The molecule has 2 aromatic carbocycles. The van der Waals surface area contributed by atoms with E-state index < -0.39 is 11.9 Å². The summed E-state index contributed by atoms with van der Waals surface area (Å²) in [5.74, 6) is -2.65. The first kappa shape index (κ1) is 28.9. The first-order chi connectivity index (χ1) is 15.9. The molecule has 0 aliphatic heterocycles. The maximum absolute atomic E-state index is 11.9. The van der Waals surface area contributed by atoms with E-state index >= 15 is 0 Å². The van der Waals surface area contributed by atoms with Crippen LogP contribution in [-0.2, 0) is 0 Å². The maximum atomic E-state index is 11.9. The van der Waals surface area contributed by atoms with Crippen molar-refractivity contribution in [1.82, 2.24) is 9.80 Å². The van der Waals surface area contributed by atoms with Crippen molar-refractivity contribution in [2.75, 3.05) is 27.2 Å². The lowest BCUT2D eigenvalue weighted by molar-refractivity contribution is 0.0685. The van der Waals surface area contributed by atoms with Crippen LogP contribution in [0.3, 0.4) is 0 Å². The van der Waals surface area contributed by atoms with Crippen molar-refractivity contribution in [3.63, 3.8) is 0 Å². The first-order valence-corrected chi connectivity index (χ1v) is 11.3. The lowest BCUT2D eigenvalue weighted by Crippen LogP contribution is -2.27. The molecule has 0 saturated carbocycles. The second kappa shape index (κ2) is 13.6. The minimum atomic E-state index is -1.10. The number of benzene rings is 2. The summed E-state index contributed by atoms with van der Waals surface area (Å²) in [7, 11) is 3.35. The number of aromatic carboxylic acids is 2. The van der Waals surface area contributed by atoms with Crippen LogP contribution < -0.4 is 0 Å². The number of rotatable bonds is 8. The Labute approximate surface area is 208 Å². The molecule has 0 aliphatic carbocycles. The Morgan fingerprint density at radius 2 is 0.941 bits per heavy atom. The quantitative estimate of drug-likeness (QED) is 0.513. The third-order valence-corrected chi connectivity index (χ3v) is 5.03. The number of carboxylic acid groups (broad SMARTS) is 2. The van der Waals surface area contributed by atoms with Crippen LogP contribution in [0.2, 0.25) is 10.0 Å². The smallest absolute Gasteiger partial charge is 0.335 e. The molecule has 2 N–H and O–H groups in total. The van der Waals surface area contributed by atoms with Crippen LogP contribution >= 0.6 is 23.2 Å². The van der Waals surface area contributed by atoms with E-state index in [4.69, 9.17) is 33.4 Å². The third kappa shape index (κ3) is 8.68. The lowest BCUT2D eigenvalue weighted by Gasteiger charge is -2.16. The number of carbonyl (C=O) groups excluding carboxylic acids is 2. The van der Waals surface area contributed by atoms with Gasteiger partial charge in [0.25, 0.3) is 11.8 Å². The fourth-order valence-electron chi connectivity index (χ4n) is 2.99. The average molecular weight is 511 g/mol. The minimum Gasteiger partial charge on any atom is -0.478 e. The summed E-state index contributed by atoms with van der Waals surface area (Å²) in [6, 6.07) is 8.26. The van der Waals surface area contributed by atoms with E-state index in [1.807, 2.05) is 13.8 Å². The summed E-state index contributed by atoms with van der Waals surface area (Å²) in [4.78, 5) is 48.6. The molecular weight excluding hydrogens is 483 g/mol. The monoisotopic (exact) mass is 510 g/mol. The Bertz CT molecular complexity index is 974. The lowest BCUT2D eigenvalue weighted by atomic mass is 10.1. The van der Waals surface area contributed by atoms with Gasteiger partial charge >= 0.3 is 11.9 Å². The number of carbonyl (C=O) groups is 4. The molecule has 0 unspecified atom stereocenters. The molecule has 10 heteroatoms. The molecule has 0 aromatic heterocycles. The van der Waals surface area contributed by atoms with Crippen LogP contribution in [0, 0.1) is 0 Å². The molecule has 2 amide bonds. The van der Waals surface area contributed by atoms with Crippen molar-refractivity contribution in [2.24, 2.45) is 0 Å². The van der Waals surface area contributed by atoms with Gasteiger partial charge in [0.05, 0.1) is 11.1 Å². The van der Waals surface area contributed by atoms with Gasteiger partial charge in [0, 0.05) is 48.4 Å². The molecule has 2 rings (SSSR count). The van der Waals surface area contributed by atoms with Gasteiger partial charge in [-0.05, 0) is 49.2 Å². The van der Waals surface area contributed by atoms with Crippen LogP contribution in [0.15, 0.2) is 36.4 Å². The van der Waals surface area contributed by atoms with Crippen LogP contribution in [0.1, 0.15) is 68.1 Å². The van der Waals surface area contributed by atoms with Gasteiger partial charge in [0.2, 0.25) is 0 Å². The van der Waals surface area contributed by atoms with Crippen LogP contribution in [-0.4, -0.2) is 71.0 Å². The van der Waals surface area contributed by atoms with Gasteiger partial charge in [-0.25, -0.2) is 9.59 Å². The summed E-state index contributed by atoms with van der Waals surface area (Å²) in [5, 5.41) is 18.2. The fourth-order valence-corrected chi connectivity index (χ4v) is 3.46. The summed E-state index contributed by atoms with van der Waals surface area (Å²) < 4.78 is 0. The number of hydrogen-bond donors (Lipinski definition) is 2. The zero-order valence-corrected chi connectivity index (χ0v) is 21.0. The van der Waals surface area contributed by atoms with Gasteiger partial charge in [-0.3, -0.25) is 9.59 Å². The Hall–Kier alpha value is -3.10. The Balaban J connectivity index is 0.000000340. The van der Waals surface area contributed by atoms with Crippen molar-refractivity contribution in [3.8, 4) is 0 Å². The van der Waals surface area contributed by atoms with Gasteiger partial charge in [0.15, 0.2) is 0 Å². The van der Waals surface area contributed by atoms with Crippen LogP contribution in [0.4, 0.5) is 0 Å². The van der Waals surface area contributed by atoms with Crippen molar-refractivity contribution < 1.29 is 29.4 Å². The number of amides is 2. The van der Waals surface area contributed by atoms with Gasteiger partial charge < -0.3 is 20.0 Å². The standard InChI is InChI=1S/2C12H14ClNO3/c2*1-3-4-14(2)11(15)8-5-9(12(16)17)7-10(13)6-8/h2*5-7H,3-4H2,1-2H3,(H,16,17). The maximum Gasteiger partial charge on any atom is 0.335 e. The Morgan fingerprint density at radius 1 is 0.647 bits per heavy atom. The van der Waals surface area contributed by atoms with Crippen molar-refractivity contribution in [3.05, 3.63) is 68.7 Å². The first-order valence-electron chi connectivity index (χ1n) is 10.5. The van der Waals surface area contributed by atoms with E-state index in [2.05, 4.69) is 0 Å². The normalized spacial score (nSPS) is 10.1. The second-order valence-electron chi connectivity index (χ2n) is 7.52. The van der Waals surface area contributed by atoms with E-state index in [9.17, 15) is 19.2 Å². The Morgan fingerprint density at radius 3 is 1.21 bits per heavy atom. The van der Waals surface area contributed by atoms with E-state index in [0.29, 0.717) is 24.2 Å². The second-order valence-corrected chi connectivity index (χ2v) is 8.39. The van der Waals surface area contributed by atoms with Gasteiger partial charge in [-0.15, -0.1) is 0 Å². The highest BCUT2D eigenvalue weighted by atomic mass is 35.5. The van der Waals surface area contributed by atoms with E-state index in [0.717, 1.165) is 12.8 Å². The average Bonchev–Trinajstić information content (AvgIpc) is 2.77. The molecule has 0 atom stereocenters. The predicted molar refractivity (Wildman–Crippen MR) is 131 cm³/mol. The highest BCUT2D eigenvalue weighted by Crippen LogP contribution is 2.18.